The molecule has 0 bridgehead atoms. The standard InChI is InChI=1S/C20H21N5O2/c1-14-5-4-6-15(11-14)13-22-19(26)20-23-18(24-27-20)16-7-8-21-17(12-16)25-9-2-3-10-25/h4-8,11-12H,2-3,9-10,13H2,1H3,(H,22,26). The van der Waals surface area contributed by atoms with Crippen molar-refractivity contribution in [3.8, 4) is 11.4 Å². The number of rotatable bonds is 5. The molecule has 0 radical (unpaired) electrons. The summed E-state index contributed by atoms with van der Waals surface area (Å²) in [4.78, 5) is 23.2. The topological polar surface area (TPSA) is 84.2 Å². The predicted molar refractivity (Wildman–Crippen MR) is 101 cm³/mol. The van der Waals surface area contributed by atoms with Crippen LogP contribution >= 0.6 is 0 Å². The van der Waals surface area contributed by atoms with E-state index in [4.69, 9.17) is 4.52 Å². The van der Waals surface area contributed by atoms with E-state index >= 15 is 0 Å². The Morgan fingerprint density at radius 2 is 2.07 bits per heavy atom. The molecular formula is C20H21N5O2. The van der Waals surface area contributed by atoms with Gasteiger partial charge >= 0.3 is 11.8 Å². The molecule has 4 rings (SSSR count). The van der Waals surface area contributed by atoms with Crippen LogP contribution in [0.4, 0.5) is 5.82 Å². The van der Waals surface area contributed by atoms with Crippen LogP contribution in [0.2, 0.25) is 0 Å². The number of amides is 1. The molecule has 1 aliphatic rings. The van der Waals surface area contributed by atoms with Crippen LogP contribution in [0, 0.1) is 6.92 Å². The fourth-order valence-corrected chi connectivity index (χ4v) is 3.19. The van der Waals surface area contributed by atoms with Gasteiger partial charge in [0, 0.05) is 31.4 Å². The quantitative estimate of drug-likeness (QED) is 0.750. The van der Waals surface area contributed by atoms with E-state index in [1.807, 2.05) is 43.3 Å². The first-order chi connectivity index (χ1) is 13.2. The monoisotopic (exact) mass is 363 g/mol. The zero-order chi connectivity index (χ0) is 18.6. The Hall–Kier alpha value is -3.22. The lowest BCUT2D eigenvalue weighted by atomic mass is 10.1. The van der Waals surface area contributed by atoms with Gasteiger partial charge in [0.25, 0.3) is 0 Å². The lowest BCUT2D eigenvalue weighted by molar-refractivity contribution is 0.0907. The van der Waals surface area contributed by atoms with E-state index < -0.39 is 0 Å². The largest absolute Gasteiger partial charge is 0.357 e. The summed E-state index contributed by atoms with van der Waals surface area (Å²) in [6.45, 7) is 4.44. The number of nitrogens with one attached hydrogen (secondary N) is 1. The minimum absolute atomic E-state index is 0.0443. The average molecular weight is 363 g/mol. The normalized spacial score (nSPS) is 13.7. The van der Waals surface area contributed by atoms with Crippen molar-refractivity contribution in [2.24, 2.45) is 0 Å². The van der Waals surface area contributed by atoms with E-state index in [2.05, 4.69) is 25.3 Å². The van der Waals surface area contributed by atoms with E-state index in [1.165, 1.54) is 12.8 Å². The maximum absolute atomic E-state index is 12.3. The molecule has 138 valence electrons. The van der Waals surface area contributed by atoms with Gasteiger partial charge in [0.15, 0.2) is 0 Å². The second kappa shape index (κ2) is 7.57. The van der Waals surface area contributed by atoms with Crippen LogP contribution in [-0.4, -0.2) is 34.1 Å². The summed E-state index contributed by atoms with van der Waals surface area (Å²) in [7, 11) is 0. The second-order valence-corrected chi connectivity index (χ2v) is 6.69. The van der Waals surface area contributed by atoms with Crippen molar-refractivity contribution in [1.82, 2.24) is 20.4 Å². The van der Waals surface area contributed by atoms with E-state index in [9.17, 15) is 4.79 Å². The number of hydrogen-bond acceptors (Lipinski definition) is 6. The van der Waals surface area contributed by atoms with Crippen LogP contribution < -0.4 is 10.2 Å². The molecule has 0 atom stereocenters. The summed E-state index contributed by atoms with van der Waals surface area (Å²) in [5.74, 6) is 0.861. The zero-order valence-electron chi connectivity index (χ0n) is 15.2. The number of anilines is 1. The van der Waals surface area contributed by atoms with E-state index in [-0.39, 0.29) is 11.8 Å². The molecule has 27 heavy (non-hydrogen) atoms. The van der Waals surface area contributed by atoms with Crippen LogP contribution in [0.1, 0.15) is 34.7 Å². The van der Waals surface area contributed by atoms with Gasteiger partial charge in [0.1, 0.15) is 5.82 Å². The highest BCUT2D eigenvalue weighted by Crippen LogP contribution is 2.23. The van der Waals surface area contributed by atoms with Crippen molar-refractivity contribution in [1.29, 1.82) is 0 Å². The molecule has 1 aliphatic heterocycles. The molecule has 3 aromatic rings. The van der Waals surface area contributed by atoms with Crippen LogP contribution in [-0.2, 0) is 6.54 Å². The van der Waals surface area contributed by atoms with Gasteiger partial charge in [-0.25, -0.2) is 4.98 Å². The summed E-state index contributed by atoms with van der Waals surface area (Å²) in [6.07, 6.45) is 4.09. The molecule has 3 heterocycles. The van der Waals surface area contributed by atoms with Gasteiger partial charge in [-0.15, -0.1) is 0 Å². The summed E-state index contributed by atoms with van der Waals surface area (Å²) >= 11 is 0. The SMILES string of the molecule is Cc1cccc(CNC(=O)c2nc(-c3ccnc(N4CCCC4)c3)no2)c1. The number of benzene rings is 1. The molecule has 0 unspecified atom stereocenters. The first kappa shape index (κ1) is 17.2. The number of hydrogen-bond donors (Lipinski definition) is 1. The van der Waals surface area contributed by atoms with Gasteiger partial charge in [-0.05, 0) is 37.5 Å². The maximum Gasteiger partial charge on any atom is 0.316 e. The first-order valence-electron chi connectivity index (χ1n) is 9.08. The second-order valence-electron chi connectivity index (χ2n) is 6.69. The minimum Gasteiger partial charge on any atom is -0.357 e. The number of aryl methyl sites for hydroxylation is 1. The lowest BCUT2D eigenvalue weighted by Crippen LogP contribution is -2.23. The lowest BCUT2D eigenvalue weighted by Gasteiger charge is -2.16. The predicted octanol–water partition coefficient (Wildman–Crippen LogP) is 2.97. The number of carbonyl (C=O) groups is 1. The van der Waals surface area contributed by atoms with E-state index in [1.54, 1.807) is 6.20 Å². The summed E-state index contributed by atoms with van der Waals surface area (Å²) in [5.41, 5.74) is 2.95. The highest BCUT2D eigenvalue weighted by atomic mass is 16.5. The molecular weight excluding hydrogens is 342 g/mol. The van der Waals surface area contributed by atoms with Crippen LogP contribution in [0.5, 0.6) is 0 Å². The fourth-order valence-electron chi connectivity index (χ4n) is 3.19. The summed E-state index contributed by atoms with van der Waals surface area (Å²) in [5, 5.41) is 6.76. The molecule has 0 aliphatic carbocycles. The zero-order valence-corrected chi connectivity index (χ0v) is 15.2. The number of pyridine rings is 1. The third-order valence-electron chi connectivity index (χ3n) is 4.59. The van der Waals surface area contributed by atoms with E-state index in [0.29, 0.717) is 12.4 Å². The molecule has 7 nitrogen and oxygen atoms in total. The third kappa shape index (κ3) is 3.97. The molecule has 2 aromatic heterocycles. The van der Waals surface area contributed by atoms with Gasteiger partial charge in [-0.2, -0.15) is 4.98 Å². The first-order valence-corrected chi connectivity index (χ1v) is 9.08. The maximum atomic E-state index is 12.3. The Morgan fingerprint density at radius 1 is 1.22 bits per heavy atom. The van der Waals surface area contributed by atoms with Gasteiger partial charge in [-0.3, -0.25) is 4.79 Å². The summed E-state index contributed by atoms with van der Waals surface area (Å²) < 4.78 is 5.15. The van der Waals surface area contributed by atoms with Gasteiger partial charge < -0.3 is 14.7 Å². The van der Waals surface area contributed by atoms with Crippen molar-refractivity contribution in [3.63, 3.8) is 0 Å². The van der Waals surface area contributed by atoms with E-state index in [0.717, 1.165) is 35.6 Å². The Bertz CT molecular complexity index is 947. The smallest absolute Gasteiger partial charge is 0.316 e. The number of nitrogens with zero attached hydrogens (tertiary/aromatic N) is 4. The Balaban J connectivity index is 1.45. The van der Waals surface area contributed by atoms with Crippen molar-refractivity contribution in [2.75, 3.05) is 18.0 Å². The fraction of sp³-hybridized carbons (Fsp3) is 0.300. The third-order valence-corrected chi connectivity index (χ3v) is 4.59. The Kier molecular flexibility index (Phi) is 4.82. The molecule has 0 spiro atoms. The molecule has 1 fully saturated rings. The number of carbonyl (C=O) groups excluding carboxylic acids is 1. The Labute approximate surface area is 157 Å². The Morgan fingerprint density at radius 3 is 2.89 bits per heavy atom. The minimum atomic E-state index is -0.385. The summed E-state index contributed by atoms with van der Waals surface area (Å²) in [6, 6.07) is 11.7. The van der Waals surface area contributed by atoms with Gasteiger partial charge in [0.2, 0.25) is 5.82 Å². The molecule has 7 heteroatoms. The molecule has 1 saturated heterocycles. The van der Waals surface area contributed by atoms with Gasteiger partial charge in [-0.1, -0.05) is 35.0 Å². The van der Waals surface area contributed by atoms with Crippen molar-refractivity contribution in [2.45, 2.75) is 26.3 Å². The highest BCUT2D eigenvalue weighted by molar-refractivity contribution is 5.89. The molecule has 1 N–H and O–H groups in total. The molecule has 1 amide bonds. The van der Waals surface area contributed by atoms with Crippen molar-refractivity contribution in [3.05, 3.63) is 59.6 Å². The van der Waals surface area contributed by atoms with Gasteiger partial charge in [0.05, 0.1) is 0 Å². The van der Waals surface area contributed by atoms with Crippen LogP contribution in [0.3, 0.4) is 0 Å². The number of aromatic nitrogens is 3. The van der Waals surface area contributed by atoms with Crippen molar-refractivity contribution >= 4 is 11.7 Å². The average Bonchev–Trinajstić information content (AvgIpc) is 3.38. The van der Waals surface area contributed by atoms with Crippen LogP contribution in [0.15, 0.2) is 47.1 Å². The molecule has 1 aromatic carbocycles. The van der Waals surface area contributed by atoms with Crippen LogP contribution in [0.25, 0.3) is 11.4 Å². The van der Waals surface area contributed by atoms with Crippen molar-refractivity contribution < 1.29 is 9.32 Å². The highest BCUT2D eigenvalue weighted by Gasteiger charge is 2.18. The molecule has 0 saturated carbocycles.